The number of anilines is 1. The van der Waals surface area contributed by atoms with Gasteiger partial charge in [0, 0.05) is 17.7 Å². The third kappa shape index (κ3) is 5.29. The van der Waals surface area contributed by atoms with Crippen LogP contribution in [0.25, 0.3) is 0 Å². The van der Waals surface area contributed by atoms with Crippen LogP contribution in [0.5, 0.6) is 0 Å². The molecule has 0 heterocycles. The fourth-order valence-electron chi connectivity index (χ4n) is 2.26. The Morgan fingerprint density at radius 3 is 2.33 bits per heavy atom. The molecule has 1 N–H and O–H groups in total. The molecule has 0 fully saturated rings. The topological polar surface area (TPSA) is 123 Å². The van der Waals surface area contributed by atoms with E-state index in [1.165, 1.54) is 54.6 Å². The molecule has 0 spiro atoms. The third-order valence-corrected chi connectivity index (χ3v) is 3.77. The van der Waals surface area contributed by atoms with Crippen molar-refractivity contribution in [1.82, 2.24) is 0 Å². The summed E-state index contributed by atoms with van der Waals surface area (Å²) >= 11 is 0. The first kappa shape index (κ1) is 20.3. The number of carbonyl (C=O) groups is 2. The quantitative estimate of drug-likeness (QED) is 0.354. The van der Waals surface area contributed by atoms with Crippen LogP contribution in [-0.4, -0.2) is 16.8 Å². The van der Waals surface area contributed by atoms with Crippen molar-refractivity contribution in [3.63, 3.8) is 0 Å². The normalized spacial score (nSPS) is 10.6. The molecular formula is C20H13FN4O5. The number of benzene rings is 3. The fraction of sp³-hybridized carbons (Fsp3) is 0. The maximum atomic E-state index is 12.9. The minimum Gasteiger partial charge on any atom is -0.338 e. The molecule has 10 heteroatoms. The van der Waals surface area contributed by atoms with E-state index in [-0.39, 0.29) is 16.8 Å². The summed E-state index contributed by atoms with van der Waals surface area (Å²) in [5.41, 5.74) is 3.17. The smallest absolute Gasteiger partial charge is 0.338 e. The Bertz CT molecular complexity index is 1110. The summed E-state index contributed by atoms with van der Waals surface area (Å²) in [4.78, 5) is 38.9. The molecule has 0 bridgehead atoms. The van der Waals surface area contributed by atoms with Gasteiger partial charge >= 0.3 is 5.97 Å². The van der Waals surface area contributed by atoms with Gasteiger partial charge in [0.05, 0.1) is 21.9 Å². The van der Waals surface area contributed by atoms with Crippen LogP contribution >= 0.6 is 0 Å². The summed E-state index contributed by atoms with van der Waals surface area (Å²) in [6.07, 6.45) is 0. The zero-order chi connectivity index (χ0) is 21.5. The van der Waals surface area contributed by atoms with Gasteiger partial charge in [0.2, 0.25) is 0 Å². The zero-order valence-electron chi connectivity index (χ0n) is 15.2. The first-order chi connectivity index (χ1) is 14.4. The number of azo groups is 1. The second kappa shape index (κ2) is 9.15. The Hall–Kier alpha value is -4.47. The van der Waals surface area contributed by atoms with Gasteiger partial charge in [-0.05, 0) is 54.6 Å². The lowest BCUT2D eigenvalue weighted by Crippen LogP contribution is -2.10. The van der Waals surface area contributed by atoms with Crippen LogP contribution in [0.4, 0.5) is 21.5 Å². The number of halogens is 1. The average Bonchev–Trinajstić information content (AvgIpc) is 2.77. The number of nitro benzene ring substituents is 1. The van der Waals surface area contributed by atoms with E-state index in [9.17, 15) is 24.1 Å². The Morgan fingerprint density at radius 2 is 1.67 bits per heavy atom. The molecule has 0 aliphatic rings. The van der Waals surface area contributed by atoms with E-state index < -0.39 is 22.6 Å². The van der Waals surface area contributed by atoms with Crippen LogP contribution < -0.4 is 5.48 Å². The Labute approximate surface area is 168 Å². The van der Waals surface area contributed by atoms with E-state index in [0.717, 1.165) is 18.2 Å². The molecule has 0 aliphatic heterocycles. The van der Waals surface area contributed by atoms with Gasteiger partial charge < -0.3 is 4.84 Å². The molecule has 9 nitrogen and oxygen atoms in total. The summed E-state index contributed by atoms with van der Waals surface area (Å²) in [7, 11) is 0. The molecule has 1 amide bonds. The summed E-state index contributed by atoms with van der Waals surface area (Å²) < 4.78 is 12.9. The summed E-state index contributed by atoms with van der Waals surface area (Å²) in [6, 6.07) is 16.1. The molecule has 0 saturated heterocycles. The predicted octanol–water partition coefficient (Wildman–Crippen LogP) is 4.84. The maximum absolute atomic E-state index is 12.9. The van der Waals surface area contributed by atoms with Gasteiger partial charge in [-0.2, -0.15) is 0 Å². The number of hydrogen-bond acceptors (Lipinski definition) is 7. The lowest BCUT2D eigenvalue weighted by Gasteiger charge is -2.06. The molecule has 3 aromatic carbocycles. The van der Waals surface area contributed by atoms with Crippen LogP contribution in [0.15, 0.2) is 83.0 Å². The van der Waals surface area contributed by atoms with Crippen molar-refractivity contribution in [2.75, 3.05) is 5.48 Å². The van der Waals surface area contributed by atoms with E-state index in [0.29, 0.717) is 11.4 Å². The predicted molar refractivity (Wildman–Crippen MR) is 104 cm³/mol. The number of carbonyl (C=O) groups excluding carboxylic acids is 2. The number of nitrogens with zero attached hydrogens (tertiary/aromatic N) is 3. The molecule has 0 unspecified atom stereocenters. The van der Waals surface area contributed by atoms with Crippen molar-refractivity contribution in [1.29, 1.82) is 0 Å². The molecule has 3 aromatic rings. The fourth-order valence-corrected chi connectivity index (χ4v) is 2.26. The molecule has 0 aliphatic carbocycles. The lowest BCUT2D eigenvalue weighted by molar-refractivity contribution is -0.384. The van der Waals surface area contributed by atoms with Gasteiger partial charge in [-0.25, -0.2) is 14.7 Å². The molecule has 0 atom stereocenters. The molecule has 0 radical (unpaired) electrons. The average molecular weight is 408 g/mol. The van der Waals surface area contributed by atoms with Crippen LogP contribution in [0.1, 0.15) is 20.7 Å². The van der Waals surface area contributed by atoms with Crippen molar-refractivity contribution in [2.24, 2.45) is 10.2 Å². The maximum Gasteiger partial charge on any atom is 0.363 e. The minimum atomic E-state index is -0.799. The molecule has 0 aromatic heterocycles. The van der Waals surface area contributed by atoms with Crippen molar-refractivity contribution in [2.45, 2.75) is 0 Å². The van der Waals surface area contributed by atoms with E-state index in [4.69, 9.17) is 4.84 Å². The van der Waals surface area contributed by atoms with Gasteiger partial charge in [-0.1, -0.05) is 6.07 Å². The second-order valence-electron chi connectivity index (χ2n) is 5.86. The van der Waals surface area contributed by atoms with E-state index in [2.05, 4.69) is 15.7 Å². The summed E-state index contributed by atoms with van der Waals surface area (Å²) in [5, 5.41) is 18.1. The molecular weight excluding hydrogens is 395 g/mol. The summed E-state index contributed by atoms with van der Waals surface area (Å²) in [5.74, 6) is -1.88. The van der Waals surface area contributed by atoms with Crippen molar-refractivity contribution in [3.05, 3.63) is 99.9 Å². The first-order valence-electron chi connectivity index (χ1n) is 8.46. The number of nitro groups is 1. The molecule has 150 valence electrons. The van der Waals surface area contributed by atoms with Gasteiger partial charge in [0.15, 0.2) is 0 Å². The van der Waals surface area contributed by atoms with Gasteiger partial charge in [-0.15, -0.1) is 10.2 Å². The standard InChI is InChI=1S/C20H13FN4O5/c21-15-6-4-13(5-7-15)19(26)23-22-16-8-10-17(11-9-16)24-30-20(27)14-2-1-3-18(12-14)25(28)29/h1-12,24H. The zero-order valence-corrected chi connectivity index (χ0v) is 15.2. The van der Waals surface area contributed by atoms with Crippen molar-refractivity contribution in [3.8, 4) is 0 Å². The Balaban J connectivity index is 1.57. The van der Waals surface area contributed by atoms with Crippen LogP contribution in [-0.2, 0) is 4.84 Å². The Kier molecular flexibility index (Phi) is 6.18. The van der Waals surface area contributed by atoms with Crippen LogP contribution in [0, 0.1) is 15.9 Å². The van der Waals surface area contributed by atoms with Gasteiger partial charge in [0.1, 0.15) is 5.82 Å². The largest absolute Gasteiger partial charge is 0.363 e. The summed E-state index contributed by atoms with van der Waals surface area (Å²) in [6.45, 7) is 0. The SMILES string of the molecule is O=C(N=Nc1ccc(NOC(=O)c2cccc([N+](=O)[O-])c2)cc1)c1ccc(F)cc1. The number of hydrogen-bond donors (Lipinski definition) is 1. The lowest BCUT2D eigenvalue weighted by atomic mass is 10.2. The second-order valence-corrected chi connectivity index (χ2v) is 5.86. The number of non-ortho nitro benzene ring substituents is 1. The van der Waals surface area contributed by atoms with Crippen LogP contribution in [0.3, 0.4) is 0 Å². The Morgan fingerprint density at radius 1 is 0.967 bits per heavy atom. The van der Waals surface area contributed by atoms with Gasteiger partial charge in [-0.3, -0.25) is 14.9 Å². The van der Waals surface area contributed by atoms with Crippen molar-refractivity contribution < 1.29 is 23.7 Å². The third-order valence-electron chi connectivity index (χ3n) is 3.77. The number of rotatable bonds is 6. The monoisotopic (exact) mass is 408 g/mol. The van der Waals surface area contributed by atoms with E-state index in [1.807, 2.05) is 0 Å². The number of nitrogens with one attached hydrogen (secondary N) is 1. The molecule has 30 heavy (non-hydrogen) atoms. The highest BCUT2D eigenvalue weighted by molar-refractivity contribution is 5.94. The van der Waals surface area contributed by atoms with E-state index >= 15 is 0 Å². The number of amides is 1. The van der Waals surface area contributed by atoms with Crippen LogP contribution in [0.2, 0.25) is 0 Å². The van der Waals surface area contributed by atoms with E-state index in [1.54, 1.807) is 0 Å². The first-order valence-corrected chi connectivity index (χ1v) is 8.46. The highest BCUT2D eigenvalue weighted by Crippen LogP contribution is 2.18. The molecule has 3 rings (SSSR count). The highest BCUT2D eigenvalue weighted by Gasteiger charge is 2.13. The highest BCUT2D eigenvalue weighted by atomic mass is 19.1. The van der Waals surface area contributed by atoms with Gasteiger partial charge in [0.25, 0.3) is 11.6 Å². The minimum absolute atomic E-state index is 0.0152. The molecule has 0 saturated carbocycles. The van der Waals surface area contributed by atoms with Crippen molar-refractivity contribution >= 4 is 28.9 Å².